The van der Waals surface area contributed by atoms with Gasteiger partial charge in [-0.3, -0.25) is 0 Å². The van der Waals surface area contributed by atoms with Gasteiger partial charge < -0.3 is 4.74 Å². The largest absolute Gasteiger partial charge is 0.493 e. The third-order valence-electron chi connectivity index (χ3n) is 2.59. The van der Waals surface area contributed by atoms with Crippen molar-refractivity contribution >= 4 is 15.9 Å². The van der Waals surface area contributed by atoms with Gasteiger partial charge in [-0.25, -0.2) is 8.78 Å². The average Bonchev–Trinajstić information content (AvgIpc) is 2.98. The minimum Gasteiger partial charge on any atom is -0.493 e. The first kappa shape index (κ1) is 11.8. The lowest BCUT2D eigenvalue weighted by Crippen LogP contribution is -2.11. The quantitative estimate of drug-likeness (QED) is 0.801. The lowest BCUT2D eigenvalue weighted by molar-refractivity contribution is 0.0143. The third-order valence-corrected chi connectivity index (χ3v) is 3.08. The van der Waals surface area contributed by atoms with Crippen molar-refractivity contribution in [1.29, 1.82) is 0 Å². The number of hydrogen-bond acceptors (Lipinski definition) is 1. The van der Waals surface area contributed by atoms with Crippen LogP contribution in [0, 0.1) is 5.92 Å². The summed E-state index contributed by atoms with van der Waals surface area (Å²) < 4.78 is 32.8. The van der Waals surface area contributed by atoms with Gasteiger partial charge in [-0.1, -0.05) is 15.9 Å². The summed E-state index contributed by atoms with van der Waals surface area (Å²) in [4.78, 5) is 0. The summed E-state index contributed by atoms with van der Waals surface area (Å²) in [5.41, 5.74) is -0.0532. The minimum absolute atomic E-state index is 0.0532. The molecule has 4 heteroatoms. The first-order valence-corrected chi connectivity index (χ1v) is 6.07. The number of halogens is 3. The normalized spacial score (nSPS) is 16.2. The van der Waals surface area contributed by atoms with Gasteiger partial charge in [0.1, 0.15) is 5.75 Å². The van der Waals surface area contributed by atoms with Crippen LogP contribution >= 0.6 is 15.9 Å². The van der Waals surface area contributed by atoms with Crippen LogP contribution in [-0.2, 0) is 5.92 Å². The minimum atomic E-state index is -2.87. The van der Waals surface area contributed by atoms with Gasteiger partial charge in [0.15, 0.2) is 0 Å². The van der Waals surface area contributed by atoms with Crippen LogP contribution < -0.4 is 4.74 Å². The molecule has 1 aliphatic rings. The van der Waals surface area contributed by atoms with Crippen molar-refractivity contribution in [2.45, 2.75) is 25.7 Å². The van der Waals surface area contributed by atoms with Gasteiger partial charge in [0.2, 0.25) is 0 Å². The SMILES string of the molecule is CC(F)(F)c1cc(Br)ccc1OCC1CC1. The van der Waals surface area contributed by atoms with Crippen molar-refractivity contribution in [3.8, 4) is 5.75 Å². The third kappa shape index (κ3) is 2.94. The van der Waals surface area contributed by atoms with Gasteiger partial charge in [0.05, 0.1) is 12.2 Å². The molecule has 1 aliphatic carbocycles. The van der Waals surface area contributed by atoms with Gasteiger partial charge >= 0.3 is 0 Å². The summed E-state index contributed by atoms with van der Waals surface area (Å²) in [5.74, 6) is -2.02. The second-order valence-electron chi connectivity index (χ2n) is 4.28. The molecular formula is C12H13BrF2O. The van der Waals surface area contributed by atoms with E-state index >= 15 is 0 Å². The standard InChI is InChI=1S/C12H13BrF2O/c1-12(14,15)10-6-9(13)4-5-11(10)16-7-8-2-3-8/h4-6,8H,2-3,7H2,1H3. The highest BCUT2D eigenvalue weighted by molar-refractivity contribution is 9.10. The molecule has 0 N–H and O–H groups in total. The number of hydrogen-bond donors (Lipinski definition) is 0. The van der Waals surface area contributed by atoms with Crippen molar-refractivity contribution in [3.05, 3.63) is 28.2 Å². The zero-order valence-electron chi connectivity index (χ0n) is 8.97. The maximum atomic E-state index is 13.3. The van der Waals surface area contributed by atoms with Crippen LogP contribution in [0.15, 0.2) is 22.7 Å². The molecule has 1 fully saturated rings. The maximum absolute atomic E-state index is 13.3. The Morgan fingerprint density at radius 2 is 2.12 bits per heavy atom. The molecule has 2 rings (SSSR count). The van der Waals surface area contributed by atoms with E-state index in [-0.39, 0.29) is 5.56 Å². The molecule has 16 heavy (non-hydrogen) atoms. The fraction of sp³-hybridized carbons (Fsp3) is 0.500. The van der Waals surface area contributed by atoms with Crippen LogP contribution in [-0.4, -0.2) is 6.61 Å². The monoisotopic (exact) mass is 290 g/mol. The molecule has 1 nitrogen and oxygen atoms in total. The van der Waals surface area contributed by atoms with Gasteiger partial charge in [-0.15, -0.1) is 0 Å². The zero-order valence-corrected chi connectivity index (χ0v) is 10.6. The molecule has 0 aliphatic heterocycles. The van der Waals surface area contributed by atoms with Crippen molar-refractivity contribution in [2.24, 2.45) is 5.92 Å². The summed E-state index contributed by atoms with van der Waals surface area (Å²) >= 11 is 3.19. The number of ether oxygens (including phenoxy) is 1. The second-order valence-corrected chi connectivity index (χ2v) is 5.20. The van der Waals surface area contributed by atoms with E-state index in [2.05, 4.69) is 15.9 Å². The summed E-state index contributed by atoms with van der Waals surface area (Å²) in [6, 6.07) is 4.74. The molecule has 0 aromatic heterocycles. The highest BCUT2D eigenvalue weighted by Gasteiger charge is 2.30. The van der Waals surface area contributed by atoms with Crippen molar-refractivity contribution in [2.75, 3.05) is 6.61 Å². The lowest BCUT2D eigenvalue weighted by atomic mass is 10.1. The summed E-state index contributed by atoms with van der Waals surface area (Å²) in [7, 11) is 0. The molecule has 0 unspecified atom stereocenters. The Hall–Kier alpha value is -0.640. The Labute approximate surface area is 102 Å². The summed E-state index contributed by atoms with van der Waals surface area (Å²) in [6.07, 6.45) is 2.29. The van der Waals surface area contributed by atoms with E-state index in [0.29, 0.717) is 22.7 Å². The first-order valence-electron chi connectivity index (χ1n) is 5.27. The van der Waals surface area contributed by atoms with Crippen molar-refractivity contribution < 1.29 is 13.5 Å². The molecule has 0 heterocycles. The van der Waals surface area contributed by atoms with Gasteiger partial charge in [-0.2, -0.15) is 0 Å². The predicted molar refractivity (Wildman–Crippen MR) is 61.9 cm³/mol. The van der Waals surface area contributed by atoms with Crippen molar-refractivity contribution in [3.63, 3.8) is 0 Å². The van der Waals surface area contributed by atoms with E-state index in [4.69, 9.17) is 4.74 Å². The maximum Gasteiger partial charge on any atom is 0.274 e. The molecule has 88 valence electrons. The molecule has 0 amide bonds. The molecule has 0 saturated heterocycles. The molecule has 0 spiro atoms. The van der Waals surface area contributed by atoms with Crippen LogP contribution in [0.25, 0.3) is 0 Å². The molecular weight excluding hydrogens is 278 g/mol. The number of rotatable bonds is 4. The van der Waals surface area contributed by atoms with Crippen LogP contribution in [0.1, 0.15) is 25.3 Å². The fourth-order valence-electron chi connectivity index (χ4n) is 1.46. The van der Waals surface area contributed by atoms with E-state index in [1.165, 1.54) is 6.07 Å². The van der Waals surface area contributed by atoms with Crippen molar-refractivity contribution in [1.82, 2.24) is 0 Å². The molecule has 0 bridgehead atoms. The smallest absolute Gasteiger partial charge is 0.274 e. The van der Waals surface area contributed by atoms with E-state index in [9.17, 15) is 8.78 Å². The topological polar surface area (TPSA) is 9.23 Å². The van der Waals surface area contributed by atoms with Gasteiger partial charge in [-0.05, 0) is 37.0 Å². The lowest BCUT2D eigenvalue weighted by Gasteiger charge is -2.16. The van der Waals surface area contributed by atoms with E-state index in [1.54, 1.807) is 12.1 Å². The number of alkyl halides is 2. The Kier molecular flexibility index (Phi) is 3.19. The van der Waals surface area contributed by atoms with Gasteiger partial charge in [0.25, 0.3) is 5.92 Å². The molecule has 1 aromatic carbocycles. The summed E-state index contributed by atoms with van der Waals surface area (Å²) in [6.45, 7) is 1.43. The number of benzene rings is 1. The van der Waals surface area contributed by atoms with Crippen LogP contribution in [0.4, 0.5) is 8.78 Å². The van der Waals surface area contributed by atoms with Crippen LogP contribution in [0.5, 0.6) is 5.75 Å². The first-order chi connectivity index (χ1) is 7.47. The molecule has 0 radical (unpaired) electrons. The Balaban J connectivity index is 2.20. The Morgan fingerprint density at radius 3 is 2.69 bits per heavy atom. The fourth-order valence-corrected chi connectivity index (χ4v) is 1.82. The van der Waals surface area contributed by atoms with E-state index < -0.39 is 5.92 Å². The van der Waals surface area contributed by atoms with E-state index in [1.807, 2.05) is 0 Å². The molecule has 1 aromatic rings. The van der Waals surface area contributed by atoms with E-state index in [0.717, 1.165) is 19.8 Å². The molecule has 1 saturated carbocycles. The van der Waals surface area contributed by atoms with Gasteiger partial charge in [0, 0.05) is 11.4 Å². The highest BCUT2D eigenvalue weighted by atomic mass is 79.9. The zero-order chi connectivity index (χ0) is 11.8. The van der Waals surface area contributed by atoms with Crippen LogP contribution in [0.3, 0.4) is 0 Å². The molecule has 0 atom stereocenters. The second kappa shape index (κ2) is 4.32. The Morgan fingerprint density at radius 1 is 1.44 bits per heavy atom. The predicted octanol–water partition coefficient (Wildman–Crippen LogP) is 4.35. The average molecular weight is 291 g/mol. The highest BCUT2D eigenvalue weighted by Crippen LogP contribution is 2.37. The Bertz CT molecular complexity index is 383. The summed E-state index contributed by atoms with van der Waals surface area (Å²) in [5, 5.41) is 0. The van der Waals surface area contributed by atoms with Crippen LogP contribution in [0.2, 0.25) is 0 Å².